The van der Waals surface area contributed by atoms with Gasteiger partial charge in [-0.2, -0.15) is 0 Å². The predicted molar refractivity (Wildman–Crippen MR) is 68.7 cm³/mol. The van der Waals surface area contributed by atoms with E-state index in [2.05, 4.69) is 25.2 Å². The summed E-state index contributed by atoms with van der Waals surface area (Å²) < 4.78 is 4.62. The number of H-pyrrole nitrogens is 1. The van der Waals surface area contributed by atoms with Crippen LogP contribution in [0.25, 0.3) is 0 Å². The van der Waals surface area contributed by atoms with Crippen molar-refractivity contribution in [1.82, 2.24) is 15.2 Å². The van der Waals surface area contributed by atoms with Crippen molar-refractivity contribution in [1.29, 1.82) is 0 Å². The second kappa shape index (κ2) is 5.63. The molecule has 96 valence electrons. The third kappa shape index (κ3) is 2.86. The highest BCUT2D eigenvalue weighted by Gasteiger charge is 2.08. The second-order valence-corrected chi connectivity index (χ2v) is 4.66. The summed E-state index contributed by atoms with van der Waals surface area (Å²) in [4.78, 5) is 14.2. The van der Waals surface area contributed by atoms with E-state index in [4.69, 9.17) is 0 Å². The molecule has 0 saturated heterocycles. The van der Waals surface area contributed by atoms with Gasteiger partial charge >= 0.3 is 5.97 Å². The summed E-state index contributed by atoms with van der Waals surface area (Å²) in [6, 6.07) is 3.53. The number of hydrogen-bond donors (Lipinski definition) is 2. The standard InChI is InChI=1S/C11H14N4O2S/c1-3-9-14-15-11(18-9)12-6-7-4-5-8(13-7)10(16)17-2/h4-5,13H,3,6H2,1-2H3,(H,12,15). The van der Waals surface area contributed by atoms with Crippen molar-refractivity contribution in [2.24, 2.45) is 0 Å². The second-order valence-electron chi connectivity index (χ2n) is 3.60. The number of aromatic amines is 1. The van der Waals surface area contributed by atoms with Crippen LogP contribution < -0.4 is 5.32 Å². The Balaban J connectivity index is 1.93. The van der Waals surface area contributed by atoms with E-state index in [0.717, 1.165) is 22.3 Å². The number of methoxy groups -OCH3 is 1. The fourth-order valence-electron chi connectivity index (χ4n) is 1.41. The van der Waals surface area contributed by atoms with Crippen LogP contribution in [0.1, 0.15) is 28.1 Å². The topological polar surface area (TPSA) is 79.9 Å². The van der Waals surface area contributed by atoms with Gasteiger partial charge in [0.15, 0.2) is 0 Å². The molecular formula is C11H14N4O2S. The average Bonchev–Trinajstić information content (AvgIpc) is 3.04. The maximum Gasteiger partial charge on any atom is 0.354 e. The van der Waals surface area contributed by atoms with Crippen molar-refractivity contribution >= 4 is 22.4 Å². The largest absolute Gasteiger partial charge is 0.464 e. The van der Waals surface area contributed by atoms with E-state index < -0.39 is 0 Å². The Bertz CT molecular complexity index is 535. The summed E-state index contributed by atoms with van der Waals surface area (Å²) in [7, 11) is 1.36. The molecule has 2 aromatic heterocycles. The first-order chi connectivity index (χ1) is 8.72. The van der Waals surface area contributed by atoms with E-state index in [0.29, 0.717) is 12.2 Å². The van der Waals surface area contributed by atoms with Gasteiger partial charge in [0, 0.05) is 5.69 Å². The fourth-order valence-corrected chi connectivity index (χ4v) is 2.09. The number of nitrogens with one attached hydrogen (secondary N) is 2. The van der Waals surface area contributed by atoms with E-state index in [1.807, 2.05) is 13.0 Å². The first-order valence-corrected chi connectivity index (χ1v) is 6.37. The van der Waals surface area contributed by atoms with Gasteiger partial charge in [0.1, 0.15) is 10.7 Å². The minimum atomic E-state index is -0.370. The Labute approximate surface area is 108 Å². The van der Waals surface area contributed by atoms with Crippen molar-refractivity contribution < 1.29 is 9.53 Å². The summed E-state index contributed by atoms with van der Waals surface area (Å²) in [5, 5.41) is 13.0. The number of anilines is 1. The van der Waals surface area contributed by atoms with Crippen molar-refractivity contribution in [3.05, 3.63) is 28.5 Å². The maximum absolute atomic E-state index is 11.2. The molecule has 0 aliphatic rings. The Morgan fingerprint density at radius 1 is 1.50 bits per heavy atom. The first-order valence-electron chi connectivity index (χ1n) is 5.55. The molecule has 0 aliphatic carbocycles. The smallest absolute Gasteiger partial charge is 0.354 e. The molecule has 0 aliphatic heterocycles. The van der Waals surface area contributed by atoms with Gasteiger partial charge in [0.2, 0.25) is 5.13 Å². The monoisotopic (exact) mass is 266 g/mol. The molecule has 0 saturated carbocycles. The molecule has 2 heterocycles. The van der Waals surface area contributed by atoms with E-state index in [1.165, 1.54) is 18.4 Å². The van der Waals surface area contributed by atoms with Gasteiger partial charge in [-0.25, -0.2) is 4.79 Å². The average molecular weight is 266 g/mol. The number of esters is 1. The minimum absolute atomic E-state index is 0.370. The molecule has 6 nitrogen and oxygen atoms in total. The van der Waals surface area contributed by atoms with Crippen molar-refractivity contribution in [2.45, 2.75) is 19.9 Å². The Kier molecular flexibility index (Phi) is 3.93. The number of carbonyl (C=O) groups is 1. The molecule has 0 aromatic carbocycles. The maximum atomic E-state index is 11.2. The van der Waals surface area contributed by atoms with Gasteiger partial charge in [-0.15, -0.1) is 10.2 Å². The number of aryl methyl sites for hydroxylation is 1. The lowest BCUT2D eigenvalue weighted by atomic mass is 10.4. The van der Waals surface area contributed by atoms with E-state index in [-0.39, 0.29) is 5.97 Å². The number of nitrogens with zero attached hydrogens (tertiary/aromatic N) is 2. The predicted octanol–water partition coefficient (Wildman–Crippen LogP) is 1.83. The van der Waals surface area contributed by atoms with E-state index in [9.17, 15) is 4.79 Å². The molecule has 0 unspecified atom stereocenters. The van der Waals surface area contributed by atoms with Crippen LogP contribution in [0.15, 0.2) is 12.1 Å². The van der Waals surface area contributed by atoms with Crippen LogP contribution in [0.4, 0.5) is 5.13 Å². The van der Waals surface area contributed by atoms with Gasteiger partial charge in [-0.3, -0.25) is 0 Å². The van der Waals surface area contributed by atoms with E-state index >= 15 is 0 Å². The zero-order valence-electron chi connectivity index (χ0n) is 10.2. The quantitative estimate of drug-likeness (QED) is 0.807. The van der Waals surface area contributed by atoms with E-state index in [1.54, 1.807) is 6.07 Å². The minimum Gasteiger partial charge on any atom is -0.464 e. The lowest BCUT2D eigenvalue weighted by Crippen LogP contribution is -2.03. The van der Waals surface area contributed by atoms with Gasteiger partial charge in [-0.1, -0.05) is 18.3 Å². The van der Waals surface area contributed by atoms with Gasteiger partial charge in [0.25, 0.3) is 0 Å². The number of ether oxygens (including phenoxy) is 1. The Morgan fingerprint density at radius 3 is 3.00 bits per heavy atom. The summed E-state index contributed by atoms with van der Waals surface area (Å²) in [5.74, 6) is -0.370. The first kappa shape index (κ1) is 12.6. The zero-order chi connectivity index (χ0) is 13.0. The van der Waals surface area contributed by atoms with Crippen LogP contribution in [0.3, 0.4) is 0 Å². The van der Waals surface area contributed by atoms with Crippen LogP contribution in [0.2, 0.25) is 0 Å². The molecule has 0 fully saturated rings. The molecule has 0 amide bonds. The third-order valence-electron chi connectivity index (χ3n) is 2.35. The lowest BCUT2D eigenvalue weighted by molar-refractivity contribution is 0.0594. The highest BCUT2D eigenvalue weighted by molar-refractivity contribution is 7.15. The van der Waals surface area contributed by atoms with Crippen LogP contribution in [0.5, 0.6) is 0 Å². The molecule has 0 radical (unpaired) electrons. The molecule has 18 heavy (non-hydrogen) atoms. The highest BCUT2D eigenvalue weighted by atomic mass is 32.1. The van der Waals surface area contributed by atoms with Crippen LogP contribution >= 0.6 is 11.3 Å². The molecule has 0 spiro atoms. The molecule has 2 rings (SSSR count). The zero-order valence-corrected chi connectivity index (χ0v) is 11.0. The van der Waals surface area contributed by atoms with Crippen molar-refractivity contribution in [3.8, 4) is 0 Å². The number of aromatic nitrogens is 3. The van der Waals surface area contributed by atoms with Crippen molar-refractivity contribution in [3.63, 3.8) is 0 Å². The molecule has 0 bridgehead atoms. The highest BCUT2D eigenvalue weighted by Crippen LogP contribution is 2.16. The summed E-state index contributed by atoms with van der Waals surface area (Å²) in [5.41, 5.74) is 1.34. The normalized spacial score (nSPS) is 10.3. The van der Waals surface area contributed by atoms with Gasteiger partial charge in [0.05, 0.1) is 13.7 Å². The Morgan fingerprint density at radius 2 is 2.33 bits per heavy atom. The Hall–Kier alpha value is -1.89. The number of carbonyl (C=O) groups excluding carboxylic acids is 1. The van der Waals surface area contributed by atoms with Gasteiger partial charge < -0.3 is 15.0 Å². The molecule has 2 aromatic rings. The molecule has 7 heteroatoms. The van der Waals surface area contributed by atoms with Crippen molar-refractivity contribution in [2.75, 3.05) is 12.4 Å². The number of rotatable bonds is 5. The van der Waals surface area contributed by atoms with Crippen LogP contribution in [-0.2, 0) is 17.7 Å². The SMILES string of the molecule is CCc1nnc(NCc2ccc(C(=O)OC)[nH]2)s1. The molecule has 2 N–H and O–H groups in total. The summed E-state index contributed by atoms with van der Waals surface area (Å²) >= 11 is 1.53. The lowest BCUT2D eigenvalue weighted by Gasteiger charge is -1.99. The third-order valence-corrected chi connectivity index (χ3v) is 3.38. The fraction of sp³-hybridized carbons (Fsp3) is 0.364. The molecule has 0 atom stereocenters. The van der Waals surface area contributed by atoms with Crippen LogP contribution in [0, 0.1) is 0 Å². The summed E-state index contributed by atoms with van der Waals surface area (Å²) in [6.45, 7) is 2.60. The molecular weight excluding hydrogens is 252 g/mol. The van der Waals surface area contributed by atoms with Gasteiger partial charge in [-0.05, 0) is 18.6 Å². The number of hydrogen-bond acceptors (Lipinski definition) is 6. The van der Waals surface area contributed by atoms with Crippen LogP contribution in [-0.4, -0.2) is 28.3 Å². The summed E-state index contributed by atoms with van der Waals surface area (Å²) in [6.07, 6.45) is 0.883.